The van der Waals surface area contributed by atoms with Gasteiger partial charge in [0.25, 0.3) is 15.9 Å². The van der Waals surface area contributed by atoms with Crippen molar-refractivity contribution in [1.82, 2.24) is 0 Å². The summed E-state index contributed by atoms with van der Waals surface area (Å²) in [6.45, 7) is 1.67. The summed E-state index contributed by atoms with van der Waals surface area (Å²) in [4.78, 5) is 12.6. The fraction of sp³-hybridized carbons (Fsp3) is 0.0952. The van der Waals surface area contributed by atoms with Gasteiger partial charge in [0.2, 0.25) is 0 Å². The number of sulfonamides is 1. The molecule has 0 unspecified atom stereocenters. The van der Waals surface area contributed by atoms with Gasteiger partial charge in [0.1, 0.15) is 5.82 Å². The third kappa shape index (κ3) is 4.04. The van der Waals surface area contributed by atoms with Crippen LogP contribution in [0.15, 0.2) is 77.7 Å². The summed E-state index contributed by atoms with van der Waals surface area (Å²) < 4.78 is 40.2. The number of carbonyl (C=O) groups excluding carboxylic acids is 1. The second-order valence-corrected chi connectivity index (χ2v) is 8.22. The quantitative estimate of drug-likeness (QED) is 0.700. The van der Waals surface area contributed by atoms with Crippen LogP contribution in [0.4, 0.5) is 15.8 Å². The van der Waals surface area contributed by atoms with Crippen LogP contribution in [0.5, 0.6) is 0 Å². The van der Waals surface area contributed by atoms with Gasteiger partial charge in [-0.1, -0.05) is 24.3 Å². The van der Waals surface area contributed by atoms with E-state index < -0.39 is 21.7 Å². The van der Waals surface area contributed by atoms with Crippen molar-refractivity contribution in [1.29, 1.82) is 0 Å². The van der Waals surface area contributed by atoms with E-state index in [1.807, 2.05) is 0 Å². The van der Waals surface area contributed by atoms with Crippen LogP contribution in [0.25, 0.3) is 0 Å². The van der Waals surface area contributed by atoms with E-state index in [-0.39, 0.29) is 10.5 Å². The molecule has 1 amide bonds. The number of aryl methyl sites for hydroxylation is 1. The van der Waals surface area contributed by atoms with E-state index in [0.29, 0.717) is 16.9 Å². The highest BCUT2D eigenvalue weighted by Gasteiger charge is 2.22. The number of rotatable bonds is 5. The van der Waals surface area contributed by atoms with Crippen molar-refractivity contribution >= 4 is 27.3 Å². The second-order valence-electron chi connectivity index (χ2n) is 6.25. The van der Waals surface area contributed by atoms with Gasteiger partial charge in [0.05, 0.1) is 10.6 Å². The molecule has 0 aliphatic carbocycles. The monoisotopic (exact) mass is 398 g/mol. The van der Waals surface area contributed by atoms with E-state index in [2.05, 4.69) is 5.32 Å². The van der Waals surface area contributed by atoms with Gasteiger partial charge in [0, 0.05) is 18.3 Å². The zero-order valence-corrected chi connectivity index (χ0v) is 16.2. The lowest BCUT2D eigenvalue weighted by molar-refractivity contribution is 0.102. The summed E-state index contributed by atoms with van der Waals surface area (Å²) in [5.41, 5.74) is 1.73. The number of amides is 1. The highest BCUT2D eigenvalue weighted by molar-refractivity contribution is 7.92. The number of hydrogen-bond donors (Lipinski definition) is 1. The molecule has 0 aromatic heterocycles. The molecule has 0 fully saturated rings. The number of nitrogens with one attached hydrogen (secondary N) is 1. The minimum absolute atomic E-state index is 0.00216. The Balaban J connectivity index is 1.88. The molecule has 0 saturated carbocycles. The molecule has 0 saturated heterocycles. The minimum atomic E-state index is -3.83. The van der Waals surface area contributed by atoms with Gasteiger partial charge in [-0.05, 0) is 61.0 Å². The van der Waals surface area contributed by atoms with E-state index in [4.69, 9.17) is 0 Å². The minimum Gasteiger partial charge on any atom is -0.322 e. The first-order valence-electron chi connectivity index (χ1n) is 8.50. The van der Waals surface area contributed by atoms with Gasteiger partial charge in [-0.3, -0.25) is 9.10 Å². The first-order chi connectivity index (χ1) is 13.3. The molecule has 0 bridgehead atoms. The predicted octanol–water partition coefficient (Wildman–Crippen LogP) is 4.21. The molecule has 3 aromatic rings. The van der Waals surface area contributed by atoms with Crippen LogP contribution in [0.3, 0.4) is 0 Å². The molecule has 3 rings (SSSR count). The molecule has 3 aromatic carbocycles. The molecule has 0 spiro atoms. The number of halogens is 1. The van der Waals surface area contributed by atoms with Gasteiger partial charge in [0.15, 0.2) is 0 Å². The van der Waals surface area contributed by atoms with Crippen LogP contribution in [-0.4, -0.2) is 21.4 Å². The van der Waals surface area contributed by atoms with Gasteiger partial charge in [-0.15, -0.1) is 0 Å². The Kier molecular flexibility index (Phi) is 5.46. The zero-order valence-electron chi connectivity index (χ0n) is 15.4. The molecule has 0 aliphatic heterocycles. The summed E-state index contributed by atoms with van der Waals surface area (Å²) in [7, 11) is -2.37. The Morgan fingerprint density at radius 3 is 2.36 bits per heavy atom. The van der Waals surface area contributed by atoms with Crippen LogP contribution in [0.2, 0.25) is 0 Å². The van der Waals surface area contributed by atoms with Gasteiger partial charge in [-0.25, -0.2) is 12.8 Å². The van der Waals surface area contributed by atoms with E-state index in [1.165, 1.54) is 49.5 Å². The van der Waals surface area contributed by atoms with Crippen molar-refractivity contribution in [3.63, 3.8) is 0 Å². The fourth-order valence-corrected chi connectivity index (χ4v) is 3.94. The smallest absolute Gasteiger partial charge is 0.264 e. The molecule has 0 heterocycles. The summed E-state index contributed by atoms with van der Waals surface area (Å²) in [6, 6.07) is 18.5. The van der Waals surface area contributed by atoms with Crippen LogP contribution in [0, 0.1) is 12.7 Å². The maximum Gasteiger partial charge on any atom is 0.264 e. The number of para-hydroxylation sites is 1. The van der Waals surface area contributed by atoms with Crippen molar-refractivity contribution in [3.05, 3.63) is 89.7 Å². The first-order valence-corrected chi connectivity index (χ1v) is 9.94. The molecule has 1 N–H and O–H groups in total. The SMILES string of the molecule is Cc1cc(F)ccc1NC(=O)c1cccc(S(=O)(=O)N(C)c2ccccc2)c1. The van der Waals surface area contributed by atoms with Crippen LogP contribution in [-0.2, 0) is 10.0 Å². The molecule has 0 atom stereocenters. The third-order valence-corrected chi connectivity index (χ3v) is 6.09. The lowest BCUT2D eigenvalue weighted by Crippen LogP contribution is -2.26. The van der Waals surface area contributed by atoms with E-state index in [0.717, 1.165) is 4.31 Å². The lowest BCUT2D eigenvalue weighted by Gasteiger charge is -2.19. The molecular weight excluding hydrogens is 379 g/mol. The Morgan fingerprint density at radius 2 is 1.68 bits per heavy atom. The first kappa shape index (κ1) is 19.6. The summed E-state index contributed by atoms with van der Waals surface area (Å²) in [5.74, 6) is -0.873. The summed E-state index contributed by atoms with van der Waals surface area (Å²) in [6.07, 6.45) is 0. The van der Waals surface area contributed by atoms with Gasteiger partial charge in [-0.2, -0.15) is 0 Å². The maximum atomic E-state index is 13.2. The van der Waals surface area contributed by atoms with E-state index in [1.54, 1.807) is 37.3 Å². The second kappa shape index (κ2) is 7.82. The molecule has 0 radical (unpaired) electrons. The van der Waals surface area contributed by atoms with Gasteiger partial charge >= 0.3 is 0 Å². The Morgan fingerprint density at radius 1 is 0.964 bits per heavy atom. The van der Waals surface area contributed by atoms with Crippen molar-refractivity contribution in [2.75, 3.05) is 16.7 Å². The topological polar surface area (TPSA) is 66.5 Å². The van der Waals surface area contributed by atoms with Gasteiger partial charge < -0.3 is 5.32 Å². The summed E-state index contributed by atoms with van der Waals surface area (Å²) >= 11 is 0. The number of benzene rings is 3. The Hall–Kier alpha value is -3.19. The van der Waals surface area contributed by atoms with Crippen LogP contribution in [0.1, 0.15) is 15.9 Å². The standard InChI is InChI=1S/C21H19FN2O3S/c1-15-13-17(22)11-12-20(15)23-21(25)16-7-6-10-19(14-16)28(26,27)24(2)18-8-4-3-5-9-18/h3-14H,1-2H3,(H,23,25). The van der Waals surface area contributed by atoms with Crippen molar-refractivity contribution in [2.45, 2.75) is 11.8 Å². The lowest BCUT2D eigenvalue weighted by atomic mass is 10.1. The van der Waals surface area contributed by atoms with E-state index >= 15 is 0 Å². The molecule has 144 valence electrons. The molecule has 0 aliphatic rings. The van der Waals surface area contributed by atoms with Crippen LogP contribution >= 0.6 is 0 Å². The van der Waals surface area contributed by atoms with Crippen molar-refractivity contribution in [2.24, 2.45) is 0 Å². The van der Waals surface area contributed by atoms with Crippen molar-refractivity contribution < 1.29 is 17.6 Å². The number of anilines is 2. The molecular formula is C21H19FN2O3S. The normalized spacial score (nSPS) is 11.1. The largest absolute Gasteiger partial charge is 0.322 e. The highest BCUT2D eigenvalue weighted by Crippen LogP contribution is 2.23. The Labute approximate surface area is 163 Å². The zero-order chi connectivity index (χ0) is 20.3. The third-order valence-electron chi connectivity index (χ3n) is 4.31. The van der Waals surface area contributed by atoms with E-state index in [9.17, 15) is 17.6 Å². The fourth-order valence-electron chi connectivity index (χ4n) is 2.69. The number of hydrogen-bond acceptors (Lipinski definition) is 3. The number of carbonyl (C=O) groups is 1. The Bertz CT molecular complexity index is 1120. The number of nitrogens with zero attached hydrogens (tertiary/aromatic N) is 1. The average Bonchev–Trinajstić information content (AvgIpc) is 2.70. The van der Waals surface area contributed by atoms with Crippen LogP contribution < -0.4 is 9.62 Å². The summed E-state index contributed by atoms with van der Waals surface area (Å²) in [5, 5.41) is 2.68. The van der Waals surface area contributed by atoms with Crippen molar-refractivity contribution in [3.8, 4) is 0 Å². The maximum absolute atomic E-state index is 13.2. The molecule has 5 nitrogen and oxygen atoms in total. The average molecular weight is 398 g/mol. The highest BCUT2D eigenvalue weighted by atomic mass is 32.2. The molecule has 7 heteroatoms. The predicted molar refractivity (Wildman–Crippen MR) is 108 cm³/mol. The molecule has 28 heavy (non-hydrogen) atoms.